The third-order valence-electron chi connectivity index (χ3n) is 7.08. The molecule has 2 aliphatic heterocycles. The predicted octanol–water partition coefficient (Wildman–Crippen LogP) is 4.87. The largest absolute Gasteiger partial charge is 0.497 e. The highest BCUT2D eigenvalue weighted by molar-refractivity contribution is 6.03. The van der Waals surface area contributed by atoms with E-state index in [-0.39, 0.29) is 11.9 Å². The van der Waals surface area contributed by atoms with Gasteiger partial charge in [0.05, 0.1) is 32.5 Å². The summed E-state index contributed by atoms with van der Waals surface area (Å²) in [7, 11) is 3.31. The Kier molecular flexibility index (Phi) is 7.03. The zero-order valence-electron chi connectivity index (χ0n) is 20.4. The van der Waals surface area contributed by atoms with Crippen molar-refractivity contribution >= 4 is 11.6 Å². The van der Waals surface area contributed by atoms with Gasteiger partial charge in [-0.05, 0) is 81.1 Å². The van der Waals surface area contributed by atoms with Gasteiger partial charge in [0.15, 0.2) is 0 Å². The molecule has 6 nitrogen and oxygen atoms in total. The summed E-state index contributed by atoms with van der Waals surface area (Å²) in [5.74, 6) is 1.50. The van der Waals surface area contributed by atoms with Crippen molar-refractivity contribution < 1.29 is 14.3 Å². The predicted molar refractivity (Wildman–Crippen MR) is 131 cm³/mol. The SMILES string of the molecule is COc1ccc(OC)c([C@@H]2CC(c3ccc(C)c(C)c3)=NN2C(=O)CN2CCCC[C@@H]2C)c1. The second kappa shape index (κ2) is 9.96. The number of hydrogen-bond donors (Lipinski definition) is 0. The molecule has 1 amide bonds. The van der Waals surface area contributed by atoms with Crippen molar-refractivity contribution in [3.05, 3.63) is 58.7 Å². The highest BCUT2D eigenvalue weighted by Crippen LogP contribution is 2.39. The zero-order chi connectivity index (χ0) is 23.5. The van der Waals surface area contributed by atoms with Crippen LogP contribution in [0.5, 0.6) is 11.5 Å². The molecule has 0 saturated carbocycles. The van der Waals surface area contributed by atoms with E-state index >= 15 is 0 Å². The van der Waals surface area contributed by atoms with Gasteiger partial charge in [-0.25, -0.2) is 5.01 Å². The fourth-order valence-corrected chi connectivity index (χ4v) is 4.82. The first kappa shape index (κ1) is 23.3. The van der Waals surface area contributed by atoms with Crippen LogP contribution in [0.4, 0.5) is 0 Å². The first-order valence-corrected chi connectivity index (χ1v) is 11.8. The number of amides is 1. The Bertz CT molecular complexity index is 1050. The number of likely N-dealkylation sites (tertiary alicyclic amines) is 1. The average Bonchev–Trinajstić information content (AvgIpc) is 3.27. The molecule has 0 N–H and O–H groups in total. The van der Waals surface area contributed by atoms with Gasteiger partial charge in [0.2, 0.25) is 0 Å². The van der Waals surface area contributed by atoms with Gasteiger partial charge in [-0.3, -0.25) is 9.69 Å². The van der Waals surface area contributed by atoms with Crippen LogP contribution >= 0.6 is 0 Å². The average molecular weight is 450 g/mol. The lowest BCUT2D eigenvalue weighted by atomic mass is 9.95. The van der Waals surface area contributed by atoms with Crippen LogP contribution in [0, 0.1) is 13.8 Å². The first-order valence-electron chi connectivity index (χ1n) is 11.8. The second-order valence-corrected chi connectivity index (χ2v) is 9.23. The third-order valence-corrected chi connectivity index (χ3v) is 7.08. The Balaban J connectivity index is 1.70. The van der Waals surface area contributed by atoms with Crippen LogP contribution in [0.15, 0.2) is 41.5 Å². The van der Waals surface area contributed by atoms with Gasteiger partial charge < -0.3 is 9.47 Å². The van der Waals surface area contributed by atoms with Gasteiger partial charge in [-0.15, -0.1) is 0 Å². The van der Waals surface area contributed by atoms with E-state index in [9.17, 15) is 4.79 Å². The molecule has 0 aliphatic carbocycles. The maximum atomic E-state index is 13.6. The number of carbonyl (C=O) groups excluding carboxylic acids is 1. The van der Waals surface area contributed by atoms with E-state index in [0.717, 1.165) is 47.7 Å². The quantitative estimate of drug-likeness (QED) is 0.631. The van der Waals surface area contributed by atoms with Gasteiger partial charge >= 0.3 is 0 Å². The zero-order valence-corrected chi connectivity index (χ0v) is 20.4. The van der Waals surface area contributed by atoms with Gasteiger partial charge in [0.1, 0.15) is 11.5 Å². The molecule has 2 atom stereocenters. The van der Waals surface area contributed by atoms with Crippen molar-refractivity contribution in [2.45, 2.75) is 58.5 Å². The Hall–Kier alpha value is -2.86. The Morgan fingerprint density at radius 3 is 2.58 bits per heavy atom. The highest BCUT2D eigenvalue weighted by Gasteiger charge is 2.36. The third kappa shape index (κ3) is 4.91. The minimum Gasteiger partial charge on any atom is -0.497 e. The van der Waals surface area contributed by atoms with Crippen molar-refractivity contribution in [3.8, 4) is 11.5 Å². The molecule has 2 aromatic carbocycles. The normalized spacial score (nSPS) is 21.1. The number of methoxy groups -OCH3 is 2. The fourth-order valence-electron chi connectivity index (χ4n) is 4.82. The Morgan fingerprint density at radius 2 is 1.88 bits per heavy atom. The summed E-state index contributed by atoms with van der Waals surface area (Å²) < 4.78 is 11.2. The number of aryl methyl sites for hydroxylation is 2. The Labute approximate surface area is 197 Å². The summed E-state index contributed by atoms with van der Waals surface area (Å²) in [5, 5.41) is 6.57. The van der Waals surface area contributed by atoms with Crippen LogP contribution in [0.25, 0.3) is 0 Å². The smallest absolute Gasteiger partial charge is 0.257 e. The molecule has 176 valence electrons. The lowest BCUT2D eigenvalue weighted by molar-refractivity contribution is -0.135. The summed E-state index contributed by atoms with van der Waals surface area (Å²) in [4.78, 5) is 15.9. The molecule has 0 unspecified atom stereocenters. The second-order valence-electron chi connectivity index (χ2n) is 9.23. The molecular formula is C27H35N3O3. The van der Waals surface area contributed by atoms with Crippen LogP contribution in [-0.4, -0.2) is 54.9 Å². The maximum absolute atomic E-state index is 13.6. The summed E-state index contributed by atoms with van der Waals surface area (Å²) >= 11 is 0. The summed E-state index contributed by atoms with van der Waals surface area (Å²) in [5.41, 5.74) is 5.37. The molecule has 1 saturated heterocycles. The topological polar surface area (TPSA) is 54.4 Å². The molecule has 0 bridgehead atoms. The van der Waals surface area contributed by atoms with Crippen molar-refractivity contribution in [1.29, 1.82) is 0 Å². The lowest BCUT2D eigenvalue weighted by Crippen LogP contribution is -2.44. The molecule has 1 fully saturated rings. The number of ether oxygens (including phenoxy) is 2. The monoisotopic (exact) mass is 449 g/mol. The molecule has 4 rings (SSSR count). The van der Waals surface area contributed by atoms with Crippen LogP contribution < -0.4 is 9.47 Å². The van der Waals surface area contributed by atoms with E-state index in [1.54, 1.807) is 19.2 Å². The van der Waals surface area contributed by atoms with Crippen molar-refractivity contribution in [2.24, 2.45) is 5.10 Å². The van der Waals surface area contributed by atoms with Crippen LogP contribution in [0.1, 0.15) is 60.9 Å². The number of benzene rings is 2. The van der Waals surface area contributed by atoms with E-state index in [4.69, 9.17) is 14.6 Å². The van der Waals surface area contributed by atoms with Gasteiger partial charge in [0, 0.05) is 18.0 Å². The van der Waals surface area contributed by atoms with Crippen molar-refractivity contribution in [2.75, 3.05) is 27.3 Å². The molecule has 33 heavy (non-hydrogen) atoms. The molecule has 0 radical (unpaired) electrons. The number of carbonyl (C=O) groups is 1. The summed E-state index contributed by atoms with van der Waals surface area (Å²) in [6, 6.07) is 12.3. The van der Waals surface area contributed by atoms with Gasteiger partial charge in [-0.1, -0.05) is 18.6 Å². The maximum Gasteiger partial charge on any atom is 0.257 e. The summed E-state index contributed by atoms with van der Waals surface area (Å²) in [6.07, 6.45) is 4.14. The van der Waals surface area contributed by atoms with E-state index in [1.165, 1.54) is 17.5 Å². The van der Waals surface area contributed by atoms with E-state index in [0.29, 0.717) is 19.0 Å². The van der Waals surface area contributed by atoms with Gasteiger partial charge in [0.25, 0.3) is 5.91 Å². The molecule has 0 aromatic heterocycles. The van der Waals surface area contributed by atoms with Crippen molar-refractivity contribution in [1.82, 2.24) is 9.91 Å². The number of piperidine rings is 1. The van der Waals surface area contributed by atoms with Crippen LogP contribution in [0.2, 0.25) is 0 Å². The molecule has 6 heteroatoms. The highest BCUT2D eigenvalue weighted by atomic mass is 16.5. The molecule has 2 heterocycles. The standard InChI is InChI=1S/C27H35N3O3/c1-18-9-10-21(14-19(18)2)24-16-25(23-15-22(32-4)11-12-26(23)33-5)30(28-24)27(31)17-29-13-7-6-8-20(29)3/h9-12,14-15,20,25H,6-8,13,16-17H2,1-5H3/t20-,25-/m0/s1. The number of nitrogens with zero attached hydrogens (tertiary/aromatic N) is 3. The lowest BCUT2D eigenvalue weighted by Gasteiger charge is -2.34. The van der Waals surface area contributed by atoms with Crippen LogP contribution in [0.3, 0.4) is 0 Å². The minimum absolute atomic E-state index is 0.0254. The molecule has 2 aliphatic rings. The summed E-state index contributed by atoms with van der Waals surface area (Å²) in [6.45, 7) is 7.77. The van der Waals surface area contributed by atoms with E-state index in [2.05, 4.69) is 43.9 Å². The number of rotatable bonds is 6. The fraction of sp³-hybridized carbons (Fsp3) is 0.481. The van der Waals surface area contributed by atoms with Gasteiger partial charge in [-0.2, -0.15) is 5.10 Å². The number of hydrazone groups is 1. The van der Waals surface area contributed by atoms with E-state index in [1.807, 2.05) is 18.2 Å². The van der Waals surface area contributed by atoms with E-state index < -0.39 is 0 Å². The molecular weight excluding hydrogens is 414 g/mol. The number of hydrogen-bond acceptors (Lipinski definition) is 5. The first-order chi connectivity index (χ1) is 15.9. The van der Waals surface area contributed by atoms with Crippen molar-refractivity contribution in [3.63, 3.8) is 0 Å². The van der Waals surface area contributed by atoms with Crippen LogP contribution in [-0.2, 0) is 4.79 Å². The Morgan fingerprint density at radius 1 is 1.06 bits per heavy atom. The minimum atomic E-state index is -0.237. The molecule has 0 spiro atoms. The molecule has 2 aromatic rings.